The van der Waals surface area contributed by atoms with Crippen molar-refractivity contribution in [3.05, 3.63) is 54.1 Å². The molecule has 0 aromatic heterocycles. The second kappa shape index (κ2) is 6.72. The van der Waals surface area contributed by atoms with E-state index in [0.29, 0.717) is 13.0 Å². The lowest BCUT2D eigenvalue weighted by Gasteiger charge is -2.31. The van der Waals surface area contributed by atoms with E-state index in [1.54, 1.807) is 7.11 Å². The van der Waals surface area contributed by atoms with Gasteiger partial charge in [0.05, 0.1) is 18.9 Å². The molecule has 2 aliphatic heterocycles. The molecule has 6 heteroatoms. The highest BCUT2D eigenvalue weighted by Crippen LogP contribution is 2.25. The van der Waals surface area contributed by atoms with Gasteiger partial charge < -0.3 is 9.64 Å². The Bertz CT molecular complexity index is 738. The molecule has 0 spiro atoms. The molecule has 3 aliphatic rings. The number of nitrogens with one attached hydrogen (secondary N) is 1. The number of carbonyl (C=O) groups is 1. The zero-order chi connectivity index (χ0) is 17.2. The van der Waals surface area contributed by atoms with Crippen molar-refractivity contribution < 1.29 is 9.53 Å². The number of hydrogen-bond acceptors (Lipinski definition) is 5. The van der Waals surface area contributed by atoms with Gasteiger partial charge in [-0.2, -0.15) is 5.10 Å². The van der Waals surface area contributed by atoms with Crippen molar-refractivity contribution in [3.63, 3.8) is 0 Å². The van der Waals surface area contributed by atoms with Gasteiger partial charge >= 0.3 is 0 Å². The summed E-state index contributed by atoms with van der Waals surface area (Å²) in [6.07, 6.45) is 10.3. The lowest BCUT2D eigenvalue weighted by Crippen LogP contribution is -2.50. The number of hydrogen-bond donors (Lipinski definition) is 1. The molecule has 1 aromatic rings. The van der Waals surface area contributed by atoms with Gasteiger partial charge in [-0.25, -0.2) is 10.5 Å². The van der Waals surface area contributed by atoms with Crippen molar-refractivity contribution in [2.24, 2.45) is 5.10 Å². The molecule has 0 saturated carbocycles. The number of hydrazine groups is 1. The third kappa shape index (κ3) is 3.17. The van der Waals surface area contributed by atoms with Crippen LogP contribution in [0, 0.1) is 0 Å². The average molecular weight is 338 g/mol. The van der Waals surface area contributed by atoms with Crippen LogP contribution in [0.1, 0.15) is 18.4 Å². The van der Waals surface area contributed by atoms with E-state index in [4.69, 9.17) is 4.74 Å². The molecule has 25 heavy (non-hydrogen) atoms. The van der Waals surface area contributed by atoms with E-state index in [0.717, 1.165) is 24.3 Å². The average Bonchev–Trinajstić information content (AvgIpc) is 3.23. The van der Waals surface area contributed by atoms with Crippen molar-refractivity contribution in [3.8, 4) is 5.75 Å². The zero-order valence-corrected chi connectivity index (χ0v) is 14.3. The first-order chi connectivity index (χ1) is 12.2. The van der Waals surface area contributed by atoms with Crippen LogP contribution in [0.3, 0.4) is 0 Å². The predicted octanol–water partition coefficient (Wildman–Crippen LogP) is 1.86. The van der Waals surface area contributed by atoms with Crippen LogP contribution >= 0.6 is 0 Å². The summed E-state index contributed by atoms with van der Waals surface area (Å²) in [5, 5.41) is 6.50. The van der Waals surface area contributed by atoms with Crippen molar-refractivity contribution in [1.82, 2.24) is 15.4 Å². The molecule has 1 saturated heterocycles. The summed E-state index contributed by atoms with van der Waals surface area (Å²) < 4.78 is 5.19. The second-order valence-corrected chi connectivity index (χ2v) is 6.42. The zero-order valence-electron chi connectivity index (χ0n) is 14.3. The third-order valence-corrected chi connectivity index (χ3v) is 4.87. The number of hydrazone groups is 1. The highest BCUT2D eigenvalue weighted by molar-refractivity contribution is 6.02. The van der Waals surface area contributed by atoms with Crippen molar-refractivity contribution in [2.75, 3.05) is 13.7 Å². The van der Waals surface area contributed by atoms with E-state index in [9.17, 15) is 4.79 Å². The van der Waals surface area contributed by atoms with Crippen LogP contribution in [0.5, 0.6) is 5.75 Å². The molecular formula is C19H22N4O2. The van der Waals surface area contributed by atoms with Gasteiger partial charge in [-0.3, -0.25) is 4.79 Å². The number of ether oxygens (including phenoxy) is 1. The molecule has 130 valence electrons. The van der Waals surface area contributed by atoms with Crippen LogP contribution in [0.25, 0.3) is 0 Å². The number of carbonyl (C=O) groups excluding carboxylic acids is 1. The van der Waals surface area contributed by atoms with Gasteiger partial charge in [0.15, 0.2) is 0 Å². The number of amides is 1. The quantitative estimate of drug-likeness (QED) is 0.890. The Labute approximate surface area is 147 Å². The summed E-state index contributed by atoms with van der Waals surface area (Å²) in [6.45, 7) is 0.690. The summed E-state index contributed by atoms with van der Waals surface area (Å²) in [5.74, 6) is 1.04. The Morgan fingerprint density at radius 3 is 2.88 bits per heavy atom. The van der Waals surface area contributed by atoms with E-state index in [1.165, 1.54) is 5.56 Å². The number of allylic oxidation sites excluding steroid dienone is 2. The minimum Gasteiger partial charge on any atom is -0.497 e. The first-order valence-corrected chi connectivity index (χ1v) is 8.66. The van der Waals surface area contributed by atoms with E-state index in [1.807, 2.05) is 52.5 Å². The lowest BCUT2D eigenvalue weighted by molar-refractivity contribution is -0.132. The first-order valence-electron chi connectivity index (χ1n) is 8.66. The molecule has 2 atom stereocenters. The molecule has 4 rings (SSSR count). The Morgan fingerprint density at radius 2 is 2.12 bits per heavy atom. The Balaban J connectivity index is 1.42. The molecule has 6 nitrogen and oxygen atoms in total. The van der Waals surface area contributed by atoms with Gasteiger partial charge in [0.1, 0.15) is 11.9 Å². The topological polar surface area (TPSA) is 57.2 Å². The maximum Gasteiger partial charge on any atom is 0.224 e. The summed E-state index contributed by atoms with van der Waals surface area (Å²) in [6, 6.07) is 8.12. The largest absolute Gasteiger partial charge is 0.497 e. The smallest absolute Gasteiger partial charge is 0.224 e. The fourth-order valence-corrected chi connectivity index (χ4v) is 3.47. The molecular weight excluding hydrogens is 316 g/mol. The van der Waals surface area contributed by atoms with Crippen LogP contribution in [-0.2, 0) is 11.2 Å². The predicted molar refractivity (Wildman–Crippen MR) is 95.9 cm³/mol. The van der Waals surface area contributed by atoms with Crippen molar-refractivity contribution in [2.45, 2.75) is 31.5 Å². The van der Waals surface area contributed by atoms with E-state index < -0.39 is 0 Å². The fourth-order valence-electron chi connectivity index (χ4n) is 3.47. The van der Waals surface area contributed by atoms with Gasteiger partial charge in [-0.15, -0.1) is 0 Å². The minimum absolute atomic E-state index is 0.0225. The van der Waals surface area contributed by atoms with Gasteiger partial charge in [0, 0.05) is 13.0 Å². The summed E-state index contributed by atoms with van der Waals surface area (Å²) in [5.41, 5.74) is 5.57. The molecule has 0 bridgehead atoms. The highest BCUT2D eigenvalue weighted by Gasteiger charge is 2.38. The molecule has 2 unspecified atom stereocenters. The standard InChI is InChI=1S/C19H22N4O2/c1-25-15-8-6-14(7-9-15)12-13-22-18(10-11-19(22)24)23-20-16-4-2-3-5-17(16)21-23/h2-9,16,18,20H,10-13H2,1H3. The van der Waals surface area contributed by atoms with Crippen LogP contribution < -0.4 is 10.2 Å². The van der Waals surface area contributed by atoms with Crippen LogP contribution in [0.2, 0.25) is 0 Å². The highest BCUT2D eigenvalue weighted by atomic mass is 16.5. The van der Waals surface area contributed by atoms with E-state index in [2.05, 4.69) is 16.6 Å². The number of benzene rings is 1. The molecule has 1 amide bonds. The van der Waals surface area contributed by atoms with Crippen molar-refractivity contribution >= 4 is 11.6 Å². The maximum atomic E-state index is 12.4. The maximum absolute atomic E-state index is 12.4. The van der Waals surface area contributed by atoms with Crippen LogP contribution in [0.4, 0.5) is 0 Å². The Hall–Kier alpha value is -2.60. The third-order valence-electron chi connectivity index (χ3n) is 4.87. The van der Waals surface area contributed by atoms with E-state index in [-0.39, 0.29) is 18.1 Å². The lowest BCUT2D eigenvalue weighted by atomic mass is 10.1. The monoisotopic (exact) mass is 338 g/mol. The molecule has 2 heterocycles. The Morgan fingerprint density at radius 1 is 1.28 bits per heavy atom. The number of rotatable bonds is 5. The van der Waals surface area contributed by atoms with Gasteiger partial charge in [-0.1, -0.05) is 30.4 Å². The SMILES string of the molecule is COc1ccc(CCN2C(=O)CCC2N2N=C3C=CC=CC3N2)cc1. The number of nitrogens with zero attached hydrogens (tertiary/aromatic N) is 3. The van der Waals surface area contributed by atoms with Gasteiger partial charge in [0.25, 0.3) is 0 Å². The number of fused-ring (bicyclic) bond motifs is 1. The summed E-state index contributed by atoms with van der Waals surface area (Å²) in [4.78, 5) is 14.3. The van der Waals surface area contributed by atoms with E-state index >= 15 is 0 Å². The minimum atomic E-state index is -0.0225. The van der Waals surface area contributed by atoms with Gasteiger partial charge in [-0.05, 0) is 36.6 Å². The normalized spacial score (nSPS) is 24.7. The first kappa shape index (κ1) is 15.9. The Kier molecular flexibility index (Phi) is 4.28. The van der Waals surface area contributed by atoms with Gasteiger partial charge in [0.2, 0.25) is 5.91 Å². The number of methoxy groups -OCH3 is 1. The molecule has 0 radical (unpaired) electrons. The second-order valence-electron chi connectivity index (χ2n) is 6.42. The fraction of sp³-hybridized carbons (Fsp3) is 0.368. The van der Waals surface area contributed by atoms with Crippen LogP contribution in [0.15, 0.2) is 53.7 Å². The summed E-state index contributed by atoms with van der Waals surface area (Å²) >= 11 is 0. The van der Waals surface area contributed by atoms with Crippen molar-refractivity contribution in [1.29, 1.82) is 0 Å². The summed E-state index contributed by atoms with van der Waals surface area (Å²) in [7, 11) is 1.66. The molecule has 1 aromatic carbocycles. The molecule has 1 fully saturated rings. The molecule has 1 N–H and O–H groups in total. The number of likely N-dealkylation sites (tertiary alicyclic amines) is 1. The molecule has 1 aliphatic carbocycles. The van der Waals surface area contributed by atoms with Crippen LogP contribution in [-0.4, -0.2) is 47.5 Å².